The van der Waals surface area contributed by atoms with Crippen molar-refractivity contribution < 1.29 is 4.79 Å². The lowest BCUT2D eigenvalue weighted by Crippen LogP contribution is -2.50. The van der Waals surface area contributed by atoms with E-state index in [0.717, 1.165) is 15.9 Å². The number of aryl methyl sites for hydroxylation is 1. The maximum Gasteiger partial charge on any atom is 0.237 e. The number of nitrogens with two attached hydrogens (primary N) is 2. The van der Waals surface area contributed by atoms with Gasteiger partial charge in [-0.15, -0.1) is 0 Å². The average molecular weight is 303 g/mol. The van der Waals surface area contributed by atoms with Crippen LogP contribution in [0.5, 0.6) is 0 Å². The highest BCUT2D eigenvalue weighted by molar-refractivity contribution is 9.10. The number of primary amides is 1. The van der Waals surface area contributed by atoms with Crippen molar-refractivity contribution in [3.05, 3.63) is 15.9 Å². The summed E-state index contributed by atoms with van der Waals surface area (Å²) >= 11 is 3.47. The van der Waals surface area contributed by atoms with E-state index in [4.69, 9.17) is 11.5 Å². The highest BCUT2D eigenvalue weighted by Gasteiger charge is 2.29. The second kappa shape index (κ2) is 4.78. The molecule has 5 nitrogen and oxygen atoms in total. The normalized spacial score (nSPS) is 16.6. The standard InChI is InChI=1S/C11H19BrN4O/c1-6(5-11(4,14)10(13)17)16-8(3)9(12)7(2)15-16/h6H,5,14H2,1-4H3,(H2,13,17). The number of nitrogens with zero attached hydrogens (tertiary/aromatic N) is 2. The van der Waals surface area contributed by atoms with E-state index < -0.39 is 11.4 Å². The minimum absolute atomic E-state index is 0.0162. The van der Waals surface area contributed by atoms with E-state index in [1.165, 1.54) is 0 Å². The predicted molar refractivity (Wildman–Crippen MR) is 70.5 cm³/mol. The first-order chi connectivity index (χ1) is 7.66. The summed E-state index contributed by atoms with van der Waals surface area (Å²) in [5.41, 5.74) is 12.1. The van der Waals surface area contributed by atoms with Crippen LogP contribution in [0.4, 0.5) is 0 Å². The van der Waals surface area contributed by atoms with Crippen LogP contribution < -0.4 is 11.5 Å². The third-order valence-electron chi connectivity index (χ3n) is 2.94. The molecular formula is C11H19BrN4O. The van der Waals surface area contributed by atoms with Crippen molar-refractivity contribution in [1.82, 2.24) is 9.78 Å². The van der Waals surface area contributed by atoms with Gasteiger partial charge in [0.05, 0.1) is 27.4 Å². The Bertz CT molecular complexity index is 439. The molecule has 6 heteroatoms. The Labute approximate surface area is 110 Å². The van der Waals surface area contributed by atoms with E-state index in [0.29, 0.717) is 6.42 Å². The first kappa shape index (κ1) is 14.2. The number of amides is 1. The summed E-state index contributed by atoms with van der Waals surface area (Å²) in [5.74, 6) is -0.495. The van der Waals surface area contributed by atoms with Gasteiger partial charge in [-0.1, -0.05) is 0 Å². The highest BCUT2D eigenvalue weighted by Crippen LogP contribution is 2.26. The van der Waals surface area contributed by atoms with Crippen LogP contribution >= 0.6 is 15.9 Å². The molecule has 0 radical (unpaired) electrons. The number of hydrogen-bond acceptors (Lipinski definition) is 3. The summed E-state index contributed by atoms with van der Waals surface area (Å²) in [6, 6.07) is 0.0162. The van der Waals surface area contributed by atoms with Crippen LogP contribution in [0.1, 0.15) is 37.7 Å². The molecule has 0 aliphatic rings. The molecule has 1 aromatic rings. The fourth-order valence-corrected chi connectivity index (χ4v) is 2.13. The van der Waals surface area contributed by atoms with Crippen molar-refractivity contribution in [2.75, 3.05) is 0 Å². The molecule has 1 rings (SSSR count). The topological polar surface area (TPSA) is 86.9 Å². The van der Waals surface area contributed by atoms with Crippen LogP contribution in [0, 0.1) is 13.8 Å². The van der Waals surface area contributed by atoms with Crippen molar-refractivity contribution in [3.8, 4) is 0 Å². The smallest absolute Gasteiger partial charge is 0.237 e. The molecule has 0 fully saturated rings. The van der Waals surface area contributed by atoms with E-state index in [2.05, 4.69) is 21.0 Å². The van der Waals surface area contributed by atoms with Crippen LogP contribution in [-0.2, 0) is 4.79 Å². The summed E-state index contributed by atoms with van der Waals surface area (Å²) in [6.45, 7) is 7.52. The molecule has 0 bridgehead atoms. The Morgan fingerprint density at radius 3 is 2.47 bits per heavy atom. The third kappa shape index (κ3) is 2.87. The summed E-state index contributed by atoms with van der Waals surface area (Å²) in [4.78, 5) is 11.2. The van der Waals surface area contributed by atoms with Gasteiger partial charge in [-0.05, 0) is 50.0 Å². The molecule has 4 N–H and O–H groups in total. The van der Waals surface area contributed by atoms with Gasteiger partial charge in [0, 0.05) is 0 Å². The lowest BCUT2D eigenvalue weighted by Gasteiger charge is -2.25. The molecular weight excluding hydrogens is 284 g/mol. The predicted octanol–water partition coefficient (Wildman–Crippen LogP) is 1.42. The zero-order valence-corrected chi connectivity index (χ0v) is 12.2. The van der Waals surface area contributed by atoms with E-state index in [1.54, 1.807) is 6.92 Å². The molecule has 0 aliphatic heterocycles. The molecule has 0 saturated carbocycles. The Morgan fingerprint density at radius 2 is 2.12 bits per heavy atom. The SMILES string of the molecule is Cc1nn(C(C)CC(C)(N)C(N)=O)c(C)c1Br. The van der Waals surface area contributed by atoms with Crippen molar-refractivity contribution in [3.63, 3.8) is 0 Å². The Balaban J connectivity index is 2.94. The molecule has 1 aromatic heterocycles. The summed E-state index contributed by atoms with van der Waals surface area (Å²) in [5, 5.41) is 4.42. The molecule has 2 unspecified atom stereocenters. The number of halogens is 1. The number of carbonyl (C=O) groups is 1. The van der Waals surface area contributed by atoms with Gasteiger partial charge in [0.15, 0.2) is 0 Å². The van der Waals surface area contributed by atoms with Crippen molar-refractivity contribution in [2.45, 2.75) is 45.7 Å². The molecule has 1 heterocycles. The molecule has 17 heavy (non-hydrogen) atoms. The molecule has 96 valence electrons. The number of hydrogen-bond donors (Lipinski definition) is 2. The van der Waals surface area contributed by atoms with Crippen molar-refractivity contribution >= 4 is 21.8 Å². The molecule has 0 spiro atoms. The number of carbonyl (C=O) groups excluding carboxylic acids is 1. The highest BCUT2D eigenvalue weighted by atomic mass is 79.9. The zero-order chi connectivity index (χ0) is 13.4. The van der Waals surface area contributed by atoms with Crippen molar-refractivity contribution in [2.24, 2.45) is 11.5 Å². The van der Waals surface area contributed by atoms with E-state index in [-0.39, 0.29) is 6.04 Å². The molecule has 0 aliphatic carbocycles. The van der Waals surface area contributed by atoms with E-state index in [9.17, 15) is 4.79 Å². The zero-order valence-electron chi connectivity index (χ0n) is 10.6. The molecule has 0 saturated heterocycles. The summed E-state index contributed by atoms with van der Waals surface area (Å²) in [6.07, 6.45) is 0.455. The van der Waals surface area contributed by atoms with Gasteiger partial charge in [0.1, 0.15) is 0 Å². The fraction of sp³-hybridized carbons (Fsp3) is 0.636. The van der Waals surface area contributed by atoms with Crippen LogP contribution in [0.3, 0.4) is 0 Å². The van der Waals surface area contributed by atoms with E-state index in [1.807, 2.05) is 25.5 Å². The van der Waals surface area contributed by atoms with Crippen LogP contribution in [0.2, 0.25) is 0 Å². The summed E-state index contributed by atoms with van der Waals surface area (Å²) < 4.78 is 2.86. The minimum Gasteiger partial charge on any atom is -0.368 e. The largest absolute Gasteiger partial charge is 0.368 e. The second-order valence-corrected chi connectivity index (χ2v) is 5.56. The minimum atomic E-state index is -1.02. The Kier molecular flexibility index (Phi) is 3.99. The average Bonchev–Trinajstić information content (AvgIpc) is 2.45. The van der Waals surface area contributed by atoms with Gasteiger partial charge >= 0.3 is 0 Å². The monoisotopic (exact) mass is 302 g/mol. The molecule has 1 amide bonds. The van der Waals surface area contributed by atoms with Gasteiger partial charge in [-0.2, -0.15) is 5.10 Å². The Morgan fingerprint density at radius 1 is 1.59 bits per heavy atom. The third-order valence-corrected chi connectivity index (χ3v) is 4.08. The maximum absolute atomic E-state index is 11.2. The van der Waals surface area contributed by atoms with Crippen LogP contribution in [0.25, 0.3) is 0 Å². The second-order valence-electron chi connectivity index (χ2n) is 4.76. The van der Waals surface area contributed by atoms with Gasteiger partial charge in [-0.3, -0.25) is 9.48 Å². The summed E-state index contributed by atoms with van der Waals surface area (Å²) in [7, 11) is 0. The van der Waals surface area contributed by atoms with Gasteiger partial charge in [-0.25, -0.2) is 0 Å². The quantitative estimate of drug-likeness (QED) is 0.881. The van der Waals surface area contributed by atoms with Crippen molar-refractivity contribution in [1.29, 1.82) is 0 Å². The van der Waals surface area contributed by atoms with Gasteiger partial charge < -0.3 is 11.5 Å². The lowest BCUT2D eigenvalue weighted by molar-refractivity contribution is -0.123. The van der Waals surface area contributed by atoms with Gasteiger partial charge in [0.25, 0.3) is 0 Å². The van der Waals surface area contributed by atoms with Gasteiger partial charge in [0.2, 0.25) is 5.91 Å². The Hall–Kier alpha value is -0.880. The maximum atomic E-state index is 11.2. The number of rotatable bonds is 4. The first-order valence-corrected chi connectivity index (χ1v) is 6.26. The lowest BCUT2D eigenvalue weighted by atomic mass is 9.94. The molecule has 0 aromatic carbocycles. The fourth-order valence-electron chi connectivity index (χ4n) is 1.87. The van der Waals surface area contributed by atoms with E-state index >= 15 is 0 Å². The number of aromatic nitrogens is 2. The first-order valence-electron chi connectivity index (χ1n) is 5.47. The van der Waals surface area contributed by atoms with Crippen LogP contribution in [0.15, 0.2) is 4.47 Å². The van der Waals surface area contributed by atoms with Crippen LogP contribution in [-0.4, -0.2) is 21.2 Å². The molecule has 2 atom stereocenters.